The minimum atomic E-state index is -1.57. The van der Waals surface area contributed by atoms with Crippen LogP contribution in [0.2, 0.25) is 0 Å². The first-order valence-corrected chi connectivity index (χ1v) is 14.3. The molecule has 0 radical (unpaired) electrons. The normalized spacial score (nSPS) is 10.2. The molecule has 0 aliphatic heterocycles. The summed E-state index contributed by atoms with van der Waals surface area (Å²) in [5, 5.41) is 18.4. The molecule has 0 aromatic heterocycles. The minimum absolute atomic E-state index is 0.288. The third-order valence-corrected chi connectivity index (χ3v) is 6.22. The van der Waals surface area contributed by atoms with Crippen LogP contribution in [0.15, 0.2) is 24.3 Å². The Hall–Kier alpha value is -2.21. The molecule has 0 aliphatic rings. The van der Waals surface area contributed by atoms with E-state index in [0.29, 0.717) is 17.6 Å². The maximum absolute atomic E-state index is 11.9. The van der Waals surface area contributed by atoms with Gasteiger partial charge in [0, 0.05) is 19.3 Å². The molecule has 0 saturated carbocycles. The Bertz CT molecular complexity index is 813. The fourth-order valence-electron chi connectivity index (χ4n) is 4.03. The van der Waals surface area contributed by atoms with Crippen molar-refractivity contribution >= 4 is 18.6 Å². The molecule has 0 unspecified atom stereocenters. The molecule has 1 aromatic rings. The van der Waals surface area contributed by atoms with E-state index >= 15 is 0 Å². The van der Waals surface area contributed by atoms with E-state index in [9.17, 15) is 14.8 Å². The Balaban J connectivity index is 1.89. The molecule has 36 heavy (non-hydrogen) atoms. The van der Waals surface area contributed by atoms with E-state index in [0.717, 1.165) is 51.4 Å². The summed E-state index contributed by atoms with van der Waals surface area (Å²) < 4.78 is 5.26. The number of rotatable bonds is 20. The molecule has 1 rings (SSSR count). The fraction of sp³-hybridized carbons (Fsp3) is 0.645. The van der Waals surface area contributed by atoms with Gasteiger partial charge in [0.25, 0.3) is 0 Å². The van der Waals surface area contributed by atoms with Crippen molar-refractivity contribution in [3.8, 4) is 29.4 Å². The third-order valence-electron chi connectivity index (χ3n) is 6.22. The lowest BCUT2D eigenvalue weighted by atomic mass is 9.80. The topological polar surface area (TPSA) is 66.8 Å². The molecule has 0 bridgehead atoms. The van der Waals surface area contributed by atoms with Crippen molar-refractivity contribution in [2.45, 2.75) is 129 Å². The Morgan fingerprint density at radius 3 is 1.78 bits per heavy atom. The van der Waals surface area contributed by atoms with Gasteiger partial charge in [0.05, 0.1) is 0 Å². The number of esters is 1. The van der Waals surface area contributed by atoms with Crippen LogP contribution in [0.3, 0.4) is 0 Å². The monoisotopic (exact) mass is 494 g/mol. The van der Waals surface area contributed by atoms with Gasteiger partial charge in [-0.2, -0.15) is 0 Å². The summed E-state index contributed by atoms with van der Waals surface area (Å²) in [4.78, 5) is 11.9. The van der Waals surface area contributed by atoms with Gasteiger partial charge in [0.15, 0.2) is 0 Å². The highest BCUT2D eigenvalue weighted by atomic mass is 16.5. The van der Waals surface area contributed by atoms with Crippen molar-refractivity contribution in [2.75, 3.05) is 0 Å². The lowest BCUT2D eigenvalue weighted by molar-refractivity contribution is -0.134. The molecule has 198 valence electrons. The van der Waals surface area contributed by atoms with Gasteiger partial charge < -0.3 is 14.8 Å². The molecule has 0 amide bonds. The number of carbonyl (C=O) groups is 1. The van der Waals surface area contributed by atoms with Crippen molar-refractivity contribution in [3.05, 3.63) is 24.3 Å². The molecule has 0 fully saturated rings. The maximum Gasteiger partial charge on any atom is 0.488 e. The van der Waals surface area contributed by atoms with E-state index < -0.39 is 7.12 Å². The molecular weight excluding hydrogens is 447 g/mol. The lowest BCUT2D eigenvalue weighted by Gasteiger charge is -2.06. The van der Waals surface area contributed by atoms with Gasteiger partial charge in [-0.3, -0.25) is 4.79 Å². The van der Waals surface area contributed by atoms with Gasteiger partial charge in [-0.15, -0.1) is 0 Å². The predicted octanol–water partition coefficient (Wildman–Crippen LogP) is 6.71. The smallest absolute Gasteiger partial charge is 0.427 e. The van der Waals surface area contributed by atoms with Crippen LogP contribution in [0.5, 0.6) is 5.75 Å². The summed E-state index contributed by atoms with van der Waals surface area (Å²) in [6.07, 6.45) is 22.1. The molecule has 0 atom stereocenters. The first-order chi connectivity index (χ1) is 17.6. The van der Waals surface area contributed by atoms with E-state index in [4.69, 9.17) is 4.74 Å². The van der Waals surface area contributed by atoms with E-state index in [2.05, 4.69) is 30.6 Å². The fourth-order valence-corrected chi connectivity index (χ4v) is 4.03. The molecule has 0 saturated heterocycles. The SMILES string of the molecule is CCCCCCCCCCCCC#CC#CCCCCCCCCC(=O)Oc1cccc(B(O)O)c1. The second-order valence-electron chi connectivity index (χ2n) is 9.58. The quantitative estimate of drug-likeness (QED) is 0.0695. The van der Waals surface area contributed by atoms with Crippen molar-refractivity contribution in [2.24, 2.45) is 0 Å². The first kappa shape index (κ1) is 31.8. The van der Waals surface area contributed by atoms with Crippen LogP contribution < -0.4 is 10.2 Å². The number of benzene rings is 1. The number of carbonyl (C=O) groups excluding carboxylic acids is 1. The van der Waals surface area contributed by atoms with Crippen LogP contribution in [0, 0.1) is 23.7 Å². The van der Waals surface area contributed by atoms with Gasteiger partial charge in [0.2, 0.25) is 0 Å². The summed E-state index contributed by atoms with van der Waals surface area (Å²) in [7, 11) is -1.57. The number of hydrogen-bond acceptors (Lipinski definition) is 4. The molecule has 0 heterocycles. The Morgan fingerprint density at radius 1 is 0.750 bits per heavy atom. The largest absolute Gasteiger partial charge is 0.488 e. The van der Waals surface area contributed by atoms with Crippen LogP contribution in [-0.4, -0.2) is 23.1 Å². The van der Waals surface area contributed by atoms with Gasteiger partial charge in [-0.1, -0.05) is 114 Å². The summed E-state index contributed by atoms with van der Waals surface area (Å²) >= 11 is 0. The van der Waals surface area contributed by atoms with Crippen LogP contribution in [0.4, 0.5) is 0 Å². The van der Waals surface area contributed by atoms with Crippen LogP contribution >= 0.6 is 0 Å². The van der Waals surface area contributed by atoms with Crippen molar-refractivity contribution in [1.82, 2.24) is 0 Å². The Kier molecular flexibility index (Phi) is 20.5. The standard InChI is InChI=1S/C31H47BO4/c1-2-3-4-5-6-7-8-9-10-11-12-13-14-15-16-17-18-19-20-21-22-23-27-31(33)36-30-26-24-25-29(28-30)32(34)35/h24-26,28,34-35H,2-12,17-23,27H2,1H3. The van der Waals surface area contributed by atoms with Gasteiger partial charge in [-0.05, 0) is 48.7 Å². The second-order valence-corrected chi connectivity index (χ2v) is 9.58. The van der Waals surface area contributed by atoms with Crippen molar-refractivity contribution in [3.63, 3.8) is 0 Å². The average molecular weight is 495 g/mol. The molecule has 2 N–H and O–H groups in total. The second kappa shape index (κ2) is 23.2. The van der Waals surface area contributed by atoms with E-state index in [-0.39, 0.29) is 5.97 Å². The third kappa shape index (κ3) is 19.0. The lowest BCUT2D eigenvalue weighted by Crippen LogP contribution is -2.29. The summed E-state index contributed by atoms with van der Waals surface area (Å²) in [5.41, 5.74) is 0.307. The van der Waals surface area contributed by atoms with E-state index in [1.165, 1.54) is 70.3 Å². The highest BCUT2D eigenvalue weighted by Crippen LogP contribution is 2.13. The van der Waals surface area contributed by atoms with E-state index in [1.807, 2.05) is 0 Å². The van der Waals surface area contributed by atoms with Crippen LogP contribution in [0.1, 0.15) is 129 Å². The minimum Gasteiger partial charge on any atom is -0.427 e. The Morgan fingerprint density at radius 2 is 1.25 bits per heavy atom. The zero-order valence-corrected chi connectivity index (χ0v) is 22.5. The molecular formula is C31H47BO4. The molecule has 4 nitrogen and oxygen atoms in total. The van der Waals surface area contributed by atoms with Gasteiger partial charge in [0.1, 0.15) is 5.75 Å². The van der Waals surface area contributed by atoms with Gasteiger partial charge >= 0.3 is 13.1 Å². The highest BCUT2D eigenvalue weighted by Gasteiger charge is 2.12. The zero-order valence-electron chi connectivity index (χ0n) is 22.5. The van der Waals surface area contributed by atoms with Gasteiger partial charge in [-0.25, -0.2) is 0 Å². The van der Waals surface area contributed by atoms with Crippen molar-refractivity contribution in [1.29, 1.82) is 0 Å². The molecule has 5 heteroatoms. The van der Waals surface area contributed by atoms with Crippen LogP contribution in [0.25, 0.3) is 0 Å². The number of ether oxygens (including phenoxy) is 1. The molecule has 0 spiro atoms. The summed E-state index contributed by atoms with van der Waals surface area (Å²) in [5.74, 6) is 12.4. The predicted molar refractivity (Wildman–Crippen MR) is 151 cm³/mol. The average Bonchev–Trinajstić information content (AvgIpc) is 2.87. The van der Waals surface area contributed by atoms with Crippen molar-refractivity contribution < 1.29 is 19.6 Å². The van der Waals surface area contributed by atoms with E-state index in [1.54, 1.807) is 18.2 Å². The zero-order chi connectivity index (χ0) is 26.1. The summed E-state index contributed by atoms with van der Waals surface area (Å²) in [6.45, 7) is 2.27. The highest BCUT2D eigenvalue weighted by molar-refractivity contribution is 6.58. The molecule has 0 aliphatic carbocycles. The Labute approximate surface area is 220 Å². The summed E-state index contributed by atoms with van der Waals surface area (Å²) in [6, 6.07) is 6.31. The van der Waals surface area contributed by atoms with Crippen LogP contribution in [-0.2, 0) is 4.79 Å². The first-order valence-electron chi connectivity index (χ1n) is 14.3. The maximum atomic E-state index is 11.9. The molecule has 1 aromatic carbocycles. The number of unbranched alkanes of at least 4 members (excludes halogenated alkanes) is 16. The number of hydrogen-bond donors (Lipinski definition) is 2.